The summed E-state index contributed by atoms with van der Waals surface area (Å²) in [4.78, 5) is 60.3. The van der Waals surface area contributed by atoms with Crippen LogP contribution in [0.5, 0.6) is 0 Å². The lowest BCUT2D eigenvalue weighted by Gasteiger charge is -2.11. The van der Waals surface area contributed by atoms with Gasteiger partial charge in [-0.15, -0.1) is 0 Å². The minimum Gasteiger partial charge on any atom is -0.454 e. The number of carbonyl (C=O) groups is 4. The van der Waals surface area contributed by atoms with E-state index in [-0.39, 0.29) is 16.5 Å². The van der Waals surface area contributed by atoms with E-state index in [4.69, 9.17) is 10.5 Å². The van der Waals surface area contributed by atoms with Gasteiger partial charge >= 0.3 is 12.0 Å². The van der Waals surface area contributed by atoms with Crippen LogP contribution in [0, 0.1) is 13.8 Å². The number of aryl methyl sites for hydroxylation is 2. The van der Waals surface area contributed by atoms with Crippen LogP contribution in [0.2, 0.25) is 0 Å². The van der Waals surface area contributed by atoms with Gasteiger partial charge in [0.1, 0.15) is 6.54 Å². The third-order valence-corrected chi connectivity index (χ3v) is 4.63. The third-order valence-electron chi connectivity index (χ3n) is 4.63. The second-order valence-electron chi connectivity index (χ2n) is 7.20. The van der Waals surface area contributed by atoms with E-state index < -0.39 is 42.5 Å². The van der Waals surface area contributed by atoms with Crippen LogP contribution in [0.4, 0.5) is 10.5 Å². The number of anilines is 1. The van der Waals surface area contributed by atoms with Crippen LogP contribution in [-0.2, 0) is 20.9 Å². The number of carbonyl (C=O) groups excluding carboxylic acids is 4. The molecule has 4 N–H and O–H groups in total. The molecule has 0 aliphatic rings. The molecule has 11 heteroatoms. The van der Waals surface area contributed by atoms with Gasteiger partial charge in [-0.3, -0.25) is 24.5 Å². The second kappa shape index (κ2) is 9.73. The highest BCUT2D eigenvalue weighted by atomic mass is 16.5. The first kappa shape index (κ1) is 23.1. The van der Waals surface area contributed by atoms with E-state index in [0.717, 1.165) is 15.8 Å². The van der Waals surface area contributed by atoms with Crippen molar-refractivity contribution in [3.05, 3.63) is 69.6 Å². The molecule has 0 bridgehead atoms. The average molecular weight is 451 g/mol. The van der Waals surface area contributed by atoms with Crippen LogP contribution in [0.25, 0.3) is 10.8 Å². The van der Waals surface area contributed by atoms with Crippen LogP contribution >= 0.6 is 0 Å². The van der Waals surface area contributed by atoms with Crippen molar-refractivity contribution in [1.29, 1.82) is 0 Å². The van der Waals surface area contributed by atoms with Gasteiger partial charge in [0, 0.05) is 11.1 Å². The van der Waals surface area contributed by atoms with E-state index >= 15 is 0 Å². The highest BCUT2D eigenvalue weighted by molar-refractivity contribution is 6.04. The first-order valence-corrected chi connectivity index (χ1v) is 9.79. The molecule has 3 rings (SSSR count). The fourth-order valence-corrected chi connectivity index (χ4v) is 3.11. The Morgan fingerprint density at radius 2 is 1.76 bits per heavy atom. The van der Waals surface area contributed by atoms with Crippen LogP contribution in [0.3, 0.4) is 0 Å². The predicted molar refractivity (Wildman–Crippen MR) is 119 cm³/mol. The Morgan fingerprint density at radius 1 is 1.06 bits per heavy atom. The molecule has 0 saturated heterocycles. The van der Waals surface area contributed by atoms with Gasteiger partial charge in [0.25, 0.3) is 17.4 Å². The zero-order valence-corrected chi connectivity index (χ0v) is 17.9. The lowest BCUT2D eigenvalue weighted by atomic mass is 10.1. The number of benzene rings is 2. The van der Waals surface area contributed by atoms with Gasteiger partial charge in [-0.1, -0.05) is 35.9 Å². The van der Waals surface area contributed by atoms with E-state index in [2.05, 4.69) is 10.4 Å². The molecule has 4 amide bonds. The maximum Gasteiger partial charge on any atom is 0.328 e. The molecule has 1 heterocycles. The topological polar surface area (TPSA) is 162 Å². The summed E-state index contributed by atoms with van der Waals surface area (Å²) in [5.41, 5.74) is 6.86. The lowest BCUT2D eigenvalue weighted by molar-refractivity contribution is -0.149. The van der Waals surface area contributed by atoms with Gasteiger partial charge in [-0.25, -0.2) is 9.48 Å². The first-order valence-electron chi connectivity index (χ1n) is 9.79. The Hall–Kier alpha value is -4.54. The minimum atomic E-state index is -0.972. The Morgan fingerprint density at radius 3 is 2.42 bits per heavy atom. The summed E-state index contributed by atoms with van der Waals surface area (Å²) in [6.45, 7) is 2.29. The van der Waals surface area contributed by atoms with Crippen molar-refractivity contribution in [3.63, 3.8) is 0 Å². The monoisotopic (exact) mass is 451 g/mol. The number of hydrogen-bond acceptors (Lipinski definition) is 7. The Kier molecular flexibility index (Phi) is 6.82. The van der Waals surface area contributed by atoms with Crippen molar-refractivity contribution in [2.24, 2.45) is 5.73 Å². The highest BCUT2D eigenvalue weighted by Crippen LogP contribution is 2.15. The van der Waals surface area contributed by atoms with Crippen molar-refractivity contribution >= 4 is 40.3 Å². The molecule has 0 saturated carbocycles. The van der Waals surface area contributed by atoms with E-state index in [9.17, 15) is 24.0 Å². The Labute approximate surface area is 187 Å². The van der Waals surface area contributed by atoms with E-state index in [0.29, 0.717) is 5.69 Å². The SMILES string of the molecule is Cc1ccc(NC(=O)NC(=O)COC(=O)Cn2nc(C(N)=O)c3ccccc3c2=O)c(C)c1. The summed E-state index contributed by atoms with van der Waals surface area (Å²) in [6, 6.07) is 10.8. The maximum absolute atomic E-state index is 12.6. The van der Waals surface area contributed by atoms with Crippen molar-refractivity contribution in [1.82, 2.24) is 15.1 Å². The summed E-state index contributed by atoms with van der Waals surface area (Å²) >= 11 is 0. The molecule has 0 spiro atoms. The van der Waals surface area contributed by atoms with Gasteiger partial charge in [0.05, 0.1) is 5.39 Å². The normalized spacial score (nSPS) is 10.5. The molecular weight excluding hydrogens is 430 g/mol. The fraction of sp³-hybridized carbons (Fsp3) is 0.182. The van der Waals surface area contributed by atoms with Crippen LogP contribution in [0.15, 0.2) is 47.3 Å². The molecule has 0 aliphatic carbocycles. The Bertz CT molecular complexity index is 1330. The largest absolute Gasteiger partial charge is 0.454 e. The number of nitrogens with zero attached hydrogens (tertiary/aromatic N) is 2. The molecule has 0 atom stereocenters. The number of primary amides is 1. The molecule has 0 aliphatic heterocycles. The number of fused-ring (bicyclic) bond motifs is 1. The molecule has 11 nitrogen and oxygen atoms in total. The number of nitrogens with two attached hydrogens (primary N) is 1. The first-order chi connectivity index (χ1) is 15.7. The maximum atomic E-state index is 12.6. The summed E-state index contributed by atoms with van der Waals surface area (Å²) in [5.74, 6) is -2.72. The molecular formula is C22H21N5O6. The van der Waals surface area contributed by atoms with Gasteiger partial charge < -0.3 is 15.8 Å². The zero-order valence-electron chi connectivity index (χ0n) is 17.9. The number of amides is 4. The number of urea groups is 1. The summed E-state index contributed by atoms with van der Waals surface area (Å²) in [5, 5.41) is 8.81. The van der Waals surface area contributed by atoms with Crippen molar-refractivity contribution in [3.8, 4) is 0 Å². The summed E-state index contributed by atoms with van der Waals surface area (Å²) < 4.78 is 5.55. The minimum absolute atomic E-state index is 0.148. The van der Waals surface area contributed by atoms with E-state index in [1.54, 1.807) is 31.2 Å². The van der Waals surface area contributed by atoms with Crippen molar-refractivity contribution in [2.45, 2.75) is 20.4 Å². The predicted octanol–water partition coefficient (Wildman–Crippen LogP) is 1.00. The molecule has 0 radical (unpaired) electrons. The van der Waals surface area contributed by atoms with Crippen molar-refractivity contribution in [2.75, 3.05) is 11.9 Å². The molecule has 0 unspecified atom stereocenters. The highest BCUT2D eigenvalue weighted by Gasteiger charge is 2.17. The standard InChI is InChI=1S/C22H21N5O6/c1-12-7-8-16(13(2)9-12)24-22(32)25-17(28)11-33-18(29)10-27-21(31)15-6-4-3-5-14(15)19(26-27)20(23)30/h3-9H,10-11H2,1-2H3,(H2,23,30)(H2,24,25,28,32). The average Bonchev–Trinajstić information content (AvgIpc) is 2.76. The summed E-state index contributed by atoms with van der Waals surface area (Å²) in [6.07, 6.45) is 0. The number of ether oxygens (including phenoxy) is 1. The lowest BCUT2D eigenvalue weighted by Crippen LogP contribution is -2.38. The smallest absolute Gasteiger partial charge is 0.328 e. The van der Waals surface area contributed by atoms with E-state index in [1.807, 2.05) is 18.3 Å². The van der Waals surface area contributed by atoms with Crippen molar-refractivity contribution < 1.29 is 23.9 Å². The number of imide groups is 1. The second-order valence-corrected chi connectivity index (χ2v) is 7.20. The molecule has 1 aromatic heterocycles. The Balaban J connectivity index is 1.60. The number of hydrogen-bond donors (Lipinski definition) is 3. The number of rotatable bonds is 6. The van der Waals surface area contributed by atoms with E-state index in [1.165, 1.54) is 12.1 Å². The molecule has 170 valence electrons. The molecule has 3 aromatic rings. The van der Waals surface area contributed by atoms with Crippen LogP contribution in [0.1, 0.15) is 21.6 Å². The molecule has 33 heavy (non-hydrogen) atoms. The quantitative estimate of drug-likeness (QED) is 0.471. The number of esters is 1. The molecule has 2 aromatic carbocycles. The number of nitrogens with one attached hydrogen (secondary N) is 2. The number of aromatic nitrogens is 2. The third kappa shape index (κ3) is 5.58. The zero-order chi connectivity index (χ0) is 24.1. The van der Waals surface area contributed by atoms with Gasteiger partial charge in [-0.05, 0) is 31.5 Å². The van der Waals surface area contributed by atoms with Gasteiger partial charge in [0.15, 0.2) is 12.3 Å². The molecule has 0 fully saturated rings. The van der Waals surface area contributed by atoms with Gasteiger partial charge in [-0.2, -0.15) is 5.10 Å². The summed E-state index contributed by atoms with van der Waals surface area (Å²) in [7, 11) is 0. The van der Waals surface area contributed by atoms with Crippen LogP contribution in [-0.4, -0.2) is 40.2 Å². The fourth-order valence-electron chi connectivity index (χ4n) is 3.11. The van der Waals surface area contributed by atoms with Gasteiger partial charge in [0.2, 0.25) is 0 Å². The van der Waals surface area contributed by atoms with Crippen LogP contribution < -0.4 is 21.9 Å².